The van der Waals surface area contributed by atoms with Gasteiger partial charge in [-0.3, -0.25) is 0 Å². The topological polar surface area (TPSA) is 74.9 Å². The van der Waals surface area contributed by atoms with Gasteiger partial charge in [-0.05, 0) is 30.3 Å². The van der Waals surface area contributed by atoms with Crippen LogP contribution in [-0.4, -0.2) is 23.9 Å². The van der Waals surface area contributed by atoms with Gasteiger partial charge in [0.1, 0.15) is 17.3 Å². The molecule has 1 unspecified atom stereocenters. The van der Waals surface area contributed by atoms with Crippen LogP contribution in [0.2, 0.25) is 0 Å². The molecule has 0 aliphatic rings. The molecule has 102 valence electrons. The number of benzene rings is 1. The van der Waals surface area contributed by atoms with Crippen molar-refractivity contribution >= 4 is 0 Å². The second kappa shape index (κ2) is 6.26. The van der Waals surface area contributed by atoms with Gasteiger partial charge in [0.25, 0.3) is 0 Å². The van der Waals surface area contributed by atoms with E-state index in [1.165, 1.54) is 0 Å². The molecule has 0 radical (unpaired) electrons. The molecule has 2 rings (SSSR count). The Kier molecular flexibility index (Phi) is 4.43. The number of ether oxygens (including phenoxy) is 1. The van der Waals surface area contributed by atoms with E-state index in [-0.39, 0.29) is 18.4 Å². The molecule has 0 aliphatic carbocycles. The Bertz CT molecular complexity index is 510. The van der Waals surface area contributed by atoms with Crippen molar-refractivity contribution in [2.24, 2.45) is 0 Å². The van der Waals surface area contributed by atoms with Crippen LogP contribution in [0, 0.1) is 0 Å². The minimum absolute atomic E-state index is 0.0851. The van der Waals surface area contributed by atoms with Gasteiger partial charge in [0.2, 0.25) is 0 Å². The van der Waals surface area contributed by atoms with E-state index in [1.54, 1.807) is 43.7 Å². The Hall–Kier alpha value is -1.98. The van der Waals surface area contributed by atoms with E-state index in [2.05, 4.69) is 5.32 Å². The maximum Gasteiger partial charge on any atom is 0.123 e. The van der Waals surface area contributed by atoms with Crippen molar-refractivity contribution in [3.05, 3.63) is 47.9 Å². The lowest BCUT2D eigenvalue weighted by atomic mass is 10.1. The van der Waals surface area contributed by atoms with Crippen LogP contribution in [0.4, 0.5) is 0 Å². The summed E-state index contributed by atoms with van der Waals surface area (Å²) in [5.41, 5.74) is 0.698. The number of aliphatic hydroxyl groups is 1. The Balaban J connectivity index is 2.05. The highest BCUT2D eigenvalue weighted by molar-refractivity contribution is 5.39. The van der Waals surface area contributed by atoms with Crippen molar-refractivity contribution in [1.82, 2.24) is 5.32 Å². The average Bonchev–Trinajstić information content (AvgIpc) is 2.95. The Morgan fingerprint density at radius 3 is 2.84 bits per heavy atom. The van der Waals surface area contributed by atoms with Gasteiger partial charge in [0.15, 0.2) is 0 Å². The molecule has 0 fully saturated rings. The summed E-state index contributed by atoms with van der Waals surface area (Å²) in [5, 5.41) is 22.2. The lowest BCUT2D eigenvalue weighted by molar-refractivity contribution is 0.225. The summed E-state index contributed by atoms with van der Waals surface area (Å²) < 4.78 is 10.3. The minimum atomic E-state index is -0.305. The van der Waals surface area contributed by atoms with Gasteiger partial charge in [-0.25, -0.2) is 0 Å². The molecule has 19 heavy (non-hydrogen) atoms. The van der Waals surface area contributed by atoms with E-state index >= 15 is 0 Å². The van der Waals surface area contributed by atoms with E-state index in [0.717, 1.165) is 0 Å². The highest BCUT2D eigenvalue weighted by Crippen LogP contribution is 2.23. The largest absolute Gasteiger partial charge is 0.508 e. The molecule has 0 amide bonds. The number of furan rings is 1. The molecule has 5 heteroatoms. The van der Waals surface area contributed by atoms with Crippen molar-refractivity contribution in [1.29, 1.82) is 0 Å². The first-order valence-corrected chi connectivity index (χ1v) is 5.98. The minimum Gasteiger partial charge on any atom is -0.508 e. The summed E-state index contributed by atoms with van der Waals surface area (Å²) >= 11 is 0. The summed E-state index contributed by atoms with van der Waals surface area (Å²) in [6.07, 6.45) is 1.56. The van der Waals surface area contributed by atoms with Crippen LogP contribution in [0.15, 0.2) is 41.0 Å². The van der Waals surface area contributed by atoms with Crippen LogP contribution in [-0.2, 0) is 6.54 Å². The third-order valence-electron chi connectivity index (χ3n) is 2.89. The van der Waals surface area contributed by atoms with Crippen molar-refractivity contribution in [3.8, 4) is 11.5 Å². The fourth-order valence-electron chi connectivity index (χ4n) is 1.81. The van der Waals surface area contributed by atoms with Gasteiger partial charge in [0.05, 0.1) is 26.0 Å². The number of phenolic OH excluding ortho intramolecular Hbond substituents is 1. The number of hydrogen-bond donors (Lipinski definition) is 3. The van der Waals surface area contributed by atoms with Crippen molar-refractivity contribution in [2.75, 3.05) is 13.7 Å². The molecule has 1 atom stereocenters. The highest BCUT2D eigenvalue weighted by Gasteiger charge is 2.13. The first-order valence-electron chi connectivity index (χ1n) is 5.98. The first-order chi connectivity index (χ1) is 9.24. The second-order valence-electron chi connectivity index (χ2n) is 4.13. The van der Waals surface area contributed by atoms with E-state index in [9.17, 15) is 10.2 Å². The summed E-state index contributed by atoms with van der Waals surface area (Å²) in [6, 6.07) is 8.27. The van der Waals surface area contributed by atoms with Gasteiger partial charge in [0, 0.05) is 12.1 Å². The SMILES string of the molecule is COc1ccc(O)c(CNC(CO)c2ccco2)c1. The fraction of sp³-hybridized carbons (Fsp3) is 0.286. The second-order valence-corrected chi connectivity index (χ2v) is 4.13. The molecule has 2 aromatic rings. The Labute approximate surface area is 111 Å². The van der Waals surface area contributed by atoms with Crippen LogP contribution >= 0.6 is 0 Å². The van der Waals surface area contributed by atoms with Gasteiger partial charge >= 0.3 is 0 Å². The zero-order valence-electron chi connectivity index (χ0n) is 10.7. The molecular weight excluding hydrogens is 246 g/mol. The lowest BCUT2D eigenvalue weighted by Crippen LogP contribution is -2.23. The third kappa shape index (κ3) is 3.27. The van der Waals surface area contributed by atoms with Gasteiger partial charge in [-0.15, -0.1) is 0 Å². The molecular formula is C14H17NO4. The first kappa shape index (κ1) is 13.5. The summed E-state index contributed by atoms with van der Waals surface area (Å²) in [5.74, 6) is 1.52. The smallest absolute Gasteiger partial charge is 0.123 e. The molecule has 5 nitrogen and oxygen atoms in total. The van der Waals surface area contributed by atoms with E-state index < -0.39 is 0 Å². The number of nitrogens with one attached hydrogen (secondary N) is 1. The number of hydrogen-bond acceptors (Lipinski definition) is 5. The van der Waals surface area contributed by atoms with Crippen molar-refractivity contribution in [2.45, 2.75) is 12.6 Å². The number of methoxy groups -OCH3 is 1. The summed E-state index contributed by atoms with van der Waals surface area (Å²) in [6.45, 7) is 0.313. The van der Waals surface area contributed by atoms with Gasteiger partial charge < -0.3 is 24.7 Å². The number of aromatic hydroxyl groups is 1. The van der Waals surface area contributed by atoms with E-state index in [0.29, 0.717) is 23.6 Å². The normalized spacial score (nSPS) is 12.3. The Morgan fingerprint density at radius 1 is 1.37 bits per heavy atom. The van der Waals surface area contributed by atoms with Crippen LogP contribution in [0.25, 0.3) is 0 Å². The lowest BCUT2D eigenvalue weighted by Gasteiger charge is -2.15. The molecule has 1 aromatic heterocycles. The molecule has 0 spiro atoms. The standard InChI is InChI=1S/C14H17NO4/c1-18-11-4-5-13(17)10(7-11)8-15-12(9-16)14-3-2-6-19-14/h2-7,12,15-17H,8-9H2,1H3. The van der Waals surface area contributed by atoms with Crippen LogP contribution in [0.1, 0.15) is 17.4 Å². The van der Waals surface area contributed by atoms with Crippen LogP contribution in [0.5, 0.6) is 11.5 Å². The molecule has 0 aliphatic heterocycles. The zero-order valence-corrected chi connectivity index (χ0v) is 10.7. The average molecular weight is 263 g/mol. The fourth-order valence-corrected chi connectivity index (χ4v) is 1.81. The molecule has 0 saturated carbocycles. The number of phenols is 1. The van der Waals surface area contributed by atoms with Gasteiger partial charge in [-0.2, -0.15) is 0 Å². The predicted octanol–water partition coefficient (Wildman–Crippen LogP) is 1.82. The van der Waals surface area contributed by atoms with Gasteiger partial charge in [-0.1, -0.05) is 0 Å². The molecule has 0 saturated heterocycles. The Morgan fingerprint density at radius 2 is 2.21 bits per heavy atom. The number of rotatable bonds is 6. The molecule has 1 heterocycles. The summed E-state index contributed by atoms with van der Waals surface area (Å²) in [4.78, 5) is 0. The molecule has 3 N–H and O–H groups in total. The van der Waals surface area contributed by atoms with Crippen molar-refractivity contribution < 1.29 is 19.4 Å². The van der Waals surface area contributed by atoms with E-state index in [4.69, 9.17) is 9.15 Å². The van der Waals surface area contributed by atoms with E-state index in [1.807, 2.05) is 0 Å². The molecule has 1 aromatic carbocycles. The van der Waals surface area contributed by atoms with Crippen LogP contribution < -0.4 is 10.1 Å². The predicted molar refractivity (Wildman–Crippen MR) is 70.0 cm³/mol. The van der Waals surface area contributed by atoms with Crippen LogP contribution in [0.3, 0.4) is 0 Å². The number of aliphatic hydroxyl groups excluding tert-OH is 1. The maximum absolute atomic E-state index is 9.77. The maximum atomic E-state index is 9.77. The summed E-state index contributed by atoms with van der Waals surface area (Å²) in [7, 11) is 1.57. The highest BCUT2D eigenvalue weighted by atomic mass is 16.5. The zero-order chi connectivity index (χ0) is 13.7. The van der Waals surface area contributed by atoms with Crippen molar-refractivity contribution in [3.63, 3.8) is 0 Å². The quantitative estimate of drug-likeness (QED) is 0.741. The monoisotopic (exact) mass is 263 g/mol. The molecule has 0 bridgehead atoms. The third-order valence-corrected chi connectivity index (χ3v) is 2.89.